The minimum atomic E-state index is 0.790. The van der Waals surface area contributed by atoms with Gasteiger partial charge in [0.1, 0.15) is 0 Å². The molecule has 2 bridgehead atoms. The first-order valence-corrected chi connectivity index (χ1v) is 4.17. The first-order valence-electron chi connectivity index (χ1n) is 4.17. The Morgan fingerprint density at radius 1 is 1.40 bits per heavy atom. The quantitative estimate of drug-likeness (QED) is 0.613. The van der Waals surface area contributed by atoms with Gasteiger partial charge in [0.15, 0.2) is 0 Å². The Kier molecular flexibility index (Phi) is 1.66. The van der Waals surface area contributed by atoms with Gasteiger partial charge in [-0.05, 0) is 12.8 Å². The Hall–Kier alpha value is -0.0800. The van der Waals surface area contributed by atoms with Crippen LogP contribution in [0.1, 0.15) is 19.3 Å². The van der Waals surface area contributed by atoms with Gasteiger partial charge in [-0.2, -0.15) is 0 Å². The van der Waals surface area contributed by atoms with Crippen molar-refractivity contribution >= 4 is 0 Å². The van der Waals surface area contributed by atoms with Crippen molar-refractivity contribution in [2.45, 2.75) is 31.3 Å². The molecule has 2 heteroatoms. The molecule has 0 aromatic heterocycles. The molecule has 2 aliphatic heterocycles. The summed E-state index contributed by atoms with van der Waals surface area (Å²) in [6, 6.07) is 1.58. The lowest BCUT2D eigenvalue weighted by Gasteiger charge is -2.50. The largest absolute Gasteiger partial charge is 0.384 e. The summed E-state index contributed by atoms with van der Waals surface area (Å²) in [4.78, 5) is 0. The Labute approximate surface area is 61.9 Å². The zero-order valence-corrected chi connectivity index (χ0v) is 6.47. The molecular formula is C8H15NO. The van der Waals surface area contributed by atoms with Crippen LogP contribution in [0.3, 0.4) is 0 Å². The Bertz CT molecular complexity index is 112. The minimum absolute atomic E-state index is 0.790. The maximum absolute atomic E-state index is 5.14. The molecule has 10 heavy (non-hydrogen) atoms. The molecule has 3 aliphatic rings. The average molecular weight is 141 g/mol. The highest BCUT2D eigenvalue weighted by atomic mass is 16.5. The van der Waals surface area contributed by atoms with Crippen molar-refractivity contribution in [1.82, 2.24) is 5.32 Å². The van der Waals surface area contributed by atoms with Crippen LogP contribution < -0.4 is 5.32 Å². The highest BCUT2D eigenvalue weighted by Gasteiger charge is 2.42. The van der Waals surface area contributed by atoms with Crippen LogP contribution in [0.2, 0.25) is 0 Å². The molecule has 0 aromatic rings. The van der Waals surface area contributed by atoms with Crippen molar-refractivity contribution < 1.29 is 4.74 Å². The van der Waals surface area contributed by atoms with Crippen molar-refractivity contribution in [2.24, 2.45) is 5.92 Å². The maximum atomic E-state index is 5.14. The van der Waals surface area contributed by atoms with E-state index in [0.29, 0.717) is 0 Å². The highest BCUT2D eigenvalue weighted by Crippen LogP contribution is 2.33. The fraction of sp³-hybridized carbons (Fsp3) is 1.00. The second-order valence-electron chi connectivity index (χ2n) is 3.43. The number of rotatable bonds is 2. The molecule has 0 aromatic carbocycles. The average Bonchev–Trinajstić information content (AvgIpc) is 2.01. The molecule has 0 radical (unpaired) electrons. The third kappa shape index (κ3) is 0.867. The van der Waals surface area contributed by atoms with Gasteiger partial charge in [0, 0.05) is 25.1 Å². The van der Waals surface area contributed by atoms with Crippen LogP contribution in [0.5, 0.6) is 0 Å². The Balaban J connectivity index is 1.87. The first-order chi connectivity index (χ1) is 4.92. The molecule has 2 saturated heterocycles. The van der Waals surface area contributed by atoms with E-state index in [-0.39, 0.29) is 0 Å². The molecule has 3 rings (SSSR count). The highest BCUT2D eigenvalue weighted by molar-refractivity contribution is 5.00. The number of hydrogen-bond donors (Lipinski definition) is 1. The van der Waals surface area contributed by atoms with Crippen LogP contribution in [-0.2, 0) is 4.74 Å². The molecule has 2 unspecified atom stereocenters. The van der Waals surface area contributed by atoms with Crippen molar-refractivity contribution in [1.29, 1.82) is 0 Å². The summed E-state index contributed by atoms with van der Waals surface area (Å²) >= 11 is 0. The molecule has 0 amide bonds. The van der Waals surface area contributed by atoms with E-state index in [9.17, 15) is 0 Å². The molecule has 3 fully saturated rings. The van der Waals surface area contributed by atoms with Crippen molar-refractivity contribution in [3.8, 4) is 0 Å². The summed E-state index contributed by atoms with van der Waals surface area (Å²) in [5, 5.41) is 3.53. The predicted molar refractivity (Wildman–Crippen MR) is 39.9 cm³/mol. The molecule has 2 heterocycles. The van der Waals surface area contributed by atoms with Gasteiger partial charge in [-0.25, -0.2) is 0 Å². The molecule has 2 nitrogen and oxygen atoms in total. The standard InChI is InChI=1S/C8H15NO/c1-10-5-6-7-3-2-4-8(6)9-7/h6-9H,2-5H2,1H3. The Morgan fingerprint density at radius 3 is 2.60 bits per heavy atom. The van der Waals surface area contributed by atoms with Gasteiger partial charge in [-0.15, -0.1) is 0 Å². The fourth-order valence-corrected chi connectivity index (χ4v) is 2.26. The molecule has 2 atom stereocenters. The third-order valence-corrected chi connectivity index (χ3v) is 2.85. The van der Waals surface area contributed by atoms with E-state index in [4.69, 9.17) is 4.74 Å². The van der Waals surface area contributed by atoms with E-state index in [1.807, 2.05) is 0 Å². The lowest BCUT2D eigenvalue weighted by Crippen LogP contribution is -2.65. The fourth-order valence-electron chi connectivity index (χ4n) is 2.26. The molecule has 1 aliphatic carbocycles. The third-order valence-electron chi connectivity index (χ3n) is 2.85. The molecule has 0 spiro atoms. The molecule has 1 N–H and O–H groups in total. The topological polar surface area (TPSA) is 21.3 Å². The van der Waals surface area contributed by atoms with Crippen LogP contribution in [0.25, 0.3) is 0 Å². The van der Waals surface area contributed by atoms with Crippen LogP contribution in [0, 0.1) is 5.92 Å². The van der Waals surface area contributed by atoms with Gasteiger partial charge in [-0.3, -0.25) is 0 Å². The van der Waals surface area contributed by atoms with Gasteiger partial charge < -0.3 is 10.1 Å². The van der Waals surface area contributed by atoms with E-state index in [1.165, 1.54) is 19.3 Å². The number of fused-ring (bicyclic) bond motifs is 2. The maximum Gasteiger partial charge on any atom is 0.0520 e. The van der Waals surface area contributed by atoms with Crippen molar-refractivity contribution in [2.75, 3.05) is 13.7 Å². The van der Waals surface area contributed by atoms with E-state index in [2.05, 4.69) is 5.32 Å². The second-order valence-corrected chi connectivity index (χ2v) is 3.43. The summed E-state index contributed by atoms with van der Waals surface area (Å²) in [6.07, 6.45) is 4.15. The Morgan fingerprint density at radius 2 is 2.10 bits per heavy atom. The van der Waals surface area contributed by atoms with Gasteiger partial charge >= 0.3 is 0 Å². The summed E-state index contributed by atoms with van der Waals surface area (Å²) in [5.74, 6) is 0.832. The van der Waals surface area contributed by atoms with Crippen molar-refractivity contribution in [3.05, 3.63) is 0 Å². The van der Waals surface area contributed by atoms with Crippen LogP contribution >= 0.6 is 0 Å². The van der Waals surface area contributed by atoms with Crippen LogP contribution in [-0.4, -0.2) is 25.8 Å². The summed E-state index contributed by atoms with van der Waals surface area (Å²) in [7, 11) is 1.80. The number of nitrogens with one attached hydrogen (secondary N) is 1. The lowest BCUT2D eigenvalue weighted by molar-refractivity contribution is 0.0139. The van der Waals surface area contributed by atoms with Gasteiger partial charge in [-0.1, -0.05) is 6.42 Å². The monoisotopic (exact) mass is 141 g/mol. The zero-order chi connectivity index (χ0) is 6.97. The summed E-state index contributed by atoms with van der Waals surface area (Å²) < 4.78 is 5.14. The van der Waals surface area contributed by atoms with E-state index in [1.54, 1.807) is 7.11 Å². The number of piperidine rings is 1. The second kappa shape index (κ2) is 2.51. The molecular weight excluding hydrogens is 126 g/mol. The zero-order valence-electron chi connectivity index (χ0n) is 6.47. The van der Waals surface area contributed by atoms with Crippen molar-refractivity contribution in [3.63, 3.8) is 0 Å². The number of methoxy groups -OCH3 is 1. The first kappa shape index (κ1) is 6.62. The normalized spacial score (nSPS) is 44.7. The van der Waals surface area contributed by atoms with Gasteiger partial charge in [0.25, 0.3) is 0 Å². The number of ether oxygens (including phenoxy) is 1. The van der Waals surface area contributed by atoms with Crippen LogP contribution in [0.4, 0.5) is 0 Å². The smallest absolute Gasteiger partial charge is 0.0520 e. The lowest BCUT2D eigenvalue weighted by atomic mass is 9.73. The van der Waals surface area contributed by atoms with E-state index >= 15 is 0 Å². The summed E-state index contributed by atoms with van der Waals surface area (Å²) in [5.41, 5.74) is 0. The van der Waals surface area contributed by atoms with E-state index < -0.39 is 0 Å². The summed E-state index contributed by atoms with van der Waals surface area (Å²) in [6.45, 7) is 0.961. The SMILES string of the molecule is COCC1C2CCCC1N2. The van der Waals surface area contributed by atoms with Crippen LogP contribution in [0.15, 0.2) is 0 Å². The predicted octanol–water partition coefficient (Wildman–Crippen LogP) is 0.773. The molecule has 1 saturated carbocycles. The van der Waals surface area contributed by atoms with Gasteiger partial charge in [0.2, 0.25) is 0 Å². The molecule has 58 valence electrons. The number of hydrogen-bond acceptors (Lipinski definition) is 2. The minimum Gasteiger partial charge on any atom is -0.384 e. The van der Waals surface area contributed by atoms with E-state index in [0.717, 1.165) is 24.6 Å². The van der Waals surface area contributed by atoms with Gasteiger partial charge in [0.05, 0.1) is 6.61 Å².